The van der Waals surface area contributed by atoms with Gasteiger partial charge in [0, 0.05) is 0 Å². The molecule has 0 heterocycles. The van der Waals surface area contributed by atoms with Crippen LogP contribution in [-0.4, -0.2) is 13.6 Å². The van der Waals surface area contributed by atoms with E-state index in [2.05, 4.69) is 31.3 Å². The molecule has 1 unspecified atom stereocenters. The van der Waals surface area contributed by atoms with Crippen LogP contribution in [0, 0.1) is 5.92 Å². The van der Waals surface area contributed by atoms with Crippen LogP contribution in [0.25, 0.3) is 0 Å². The topological polar surface area (TPSA) is 12.0 Å². The Bertz CT molecular complexity index is 108. The fraction of sp³-hybridized carbons (Fsp3) is 0.818. The highest BCUT2D eigenvalue weighted by molar-refractivity contribution is 4.85. The third-order valence-corrected chi connectivity index (χ3v) is 2.16. The predicted octanol–water partition coefficient (Wildman–Crippen LogP) is 2.98. The number of hydrogen-bond donors (Lipinski definition) is 1. The first kappa shape index (κ1) is 11.7. The summed E-state index contributed by atoms with van der Waals surface area (Å²) in [7, 11) is 2.01. The highest BCUT2D eigenvalue weighted by Crippen LogP contribution is 2.04. The Morgan fingerprint density at radius 2 is 2.08 bits per heavy atom. The van der Waals surface area contributed by atoms with Crippen molar-refractivity contribution in [3.8, 4) is 0 Å². The zero-order chi connectivity index (χ0) is 9.23. The van der Waals surface area contributed by atoms with Gasteiger partial charge in [0.05, 0.1) is 0 Å². The van der Waals surface area contributed by atoms with Crippen molar-refractivity contribution in [2.24, 2.45) is 5.92 Å². The molecule has 1 heteroatoms. The van der Waals surface area contributed by atoms with Crippen LogP contribution in [0.2, 0.25) is 0 Å². The number of nitrogens with one attached hydrogen (secondary N) is 1. The van der Waals surface area contributed by atoms with Crippen molar-refractivity contribution >= 4 is 0 Å². The van der Waals surface area contributed by atoms with Crippen molar-refractivity contribution in [1.29, 1.82) is 0 Å². The molecule has 0 aliphatic carbocycles. The standard InChI is InChI=1S/C11H23N/c1-4-11(2)9-7-5-6-8-10-12-3/h7,9,11-12H,4-6,8,10H2,1-3H3. The smallest absolute Gasteiger partial charge is 0.00518 e. The minimum atomic E-state index is 0.759. The maximum atomic E-state index is 3.15. The lowest BCUT2D eigenvalue weighted by Crippen LogP contribution is -2.06. The van der Waals surface area contributed by atoms with Gasteiger partial charge in [-0.2, -0.15) is 0 Å². The van der Waals surface area contributed by atoms with Crippen molar-refractivity contribution in [2.45, 2.75) is 39.5 Å². The maximum Gasteiger partial charge on any atom is -0.00518 e. The second kappa shape index (κ2) is 8.79. The van der Waals surface area contributed by atoms with Crippen LogP contribution in [-0.2, 0) is 0 Å². The summed E-state index contributed by atoms with van der Waals surface area (Å²) in [5, 5.41) is 3.15. The van der Waals surface area contributed by atoms with Crippen molar-refractivity contribution < 1.29 is 0 Å². The fourth-order valence-electron chi connectivity index (χ4n) is 1.03. The molecule has 0 bridgehead atoms. The monoisotopic (exact) mass is 169 g/mol. The maximum absolute atomic E-state index is 3.15. The molecule has 0 radical (unpaired) electrons. The molecule has 0 rings (SSSR count). The molecular weight excluding hydrogens is 146 g/mol. The Balaban J connectivity index is 3.12. The van der Waals surface area contributed by atoms with Gasteiger partial charge in [-0.3, -0.25) is 0 Å². The number of unbranched alkanes of at least 4 members (excludes halogenated alkanes) is 2. The Morgan fingerprint density at radius 1 is 1.33 bits per heavy atom. The molecule has 0 aliphatic heterocycles. The molecule has 0 fully saturated rings. The lowest BCUT2D eigenvalue weighted by molar-refractivity contribution is 0.671. The molecule has 1 atom stereocenters. The zero-order valence-corrected chi connectivity index (χ0v) is 8.77. The molecule has 0 aromatic carbocycles. The van der Waals surface area contributed by atoms with E-state index in [1.807, 2.05) is 7.05 Å². The Hall–Kier alpha value is -0.300. The van der Waals surface area contributed by atoms with Gasteiger partial charge in [0.15, 0.2) is 0 Å². The summed E-state index contributed by atoms with van der Waals surface area (Å²) in [5.74, 6) is 0.759. The summed E-state index contributed by atoms with van der Waals surface area (Å²) in [6, 6.07) is 0. The van der Waals surface area contributed by atoms with Crippen LogP contribution >= 0.6 is 0 Å². The van der Waals surface area contributed by atoms with Crippen LogP contribution in [0.15, 0.2) is 12.2 Å². The van der Waals surface area contributed by atoms with Gasteiger partial charge in [0.1, 0.15) is 0 Å². The summed E-state index contributed by atoms with van der Waals surface area (Å²) in [6.07, 6.45) is 9.76. The van der Waals surface area contributed by atoms with E-state index in [-0.39, 0.29) is 0 Å². The summed E-state index contributed by atoms with van der Waals surface area (Å²) in [6.45, 7) is 5.65. The van der Waals surface area contributed by atoms with Gasteiger partial charge in [-0.15, -0.1) is 0 Å². The van der Waals surface area contributed by atoms with Gasteiger partial charge in [-0.1, -0.05) is 32.4 Å². The van der Waals surface area contributed by atoms with Gasteiger partial charge in [-0.25, -0.2) is 0 Å². The van der Waals surface area contributed by atoms with Gasteiger partial charge in [0.25, 0.3) is 0 Å². The summed E-state index contributed by atoms with van der Waals surface area (Å²) in [5.41, 5.74) is 0. The largest absolute Gasteiger partial charge is 0.320 e. The third kappa shape index (κ3) is 7.80. The SMILES string of the molecule is CCC(C)C=CCCCCNC. The zero-order valence-electron chi connectivity index (χ0n) is 8.77. The predicted molar refractivity (Wildman–Crippen MR) is 56.4 cm³/mol. The van der Waals surface area contributed by atoms with E-state index < -0.39 is 0 Å². The lowest BCUT2D eigenvalue weighted by Gasteiger charge is -1.99. The highest BCUT2D eigenvalue weighted by Gasteiger charge is 1.89. The molecular formula is C11H23N. The van der Waals surface area contributed by atoms with Crippen molar-refractivity contribution in [3.63, 3.8) is 0 Å². The van der Waals surface area contributed by atoms with Gasteiger partial charge < -0.3 is 5.32 Å². The Morgan fingerprint density at radius 3 is 2.67 bits per heavy atom. The van der Waals surface area contributed by atoms with Crippen LogP contribution < -0.4 is 5.32 Å². The summed E-state index contributed by atoms with van der Waals surface area (Å²) in [4.78, 5) is 0. The average Bonchev–Trinajstić information content (AvgIpc) is 2.10. The van der Waals surface area contributed by atoms with Crippen molar-refractivity contribution in [3.05, 3.63) is 12.2 Å². The minimum absolute atomic E-state index is 0.759. The van der Waals surface area contributed by atoms with Gasteiger partial charge in [-0.05, 0) is 38.8 Å². The summed E-state index contributed by atoms with van der Waals surface area (Å²) >= 11 is 0. The molecule has 72 valence electrons. The Labute approximate surface area is 77.2 Å². The average molecular weight is 169 g/mol. The van der Waals surface area contributed by atoms with E-state index >= 15 is 0 Å². The van der Waals surface area contributed by atoms with Gasteiger partial charge in [0.2, 0.25) is 0 Å². The van der Waals surface area contributed by atoms with E-state index in [1.165, 1.54) is 25.7 Å². The van der Waals surface area contributed by atoms with E-state index in [0.717, 1.165) is 12.5 Å². The quantitative estimate of drug-likeness (QED) is 0.456. The fourth-order valence-corrected chi connectivity index (χ4v) is 1.03. The molecule has 0 saturated carbocycles. The third-order valence-electron chi connectivity index (χ3n) is 2.16. The van der Waals surface area contributed by atoms with E-state index in [0.29, 0.717) is 0 Å². The van der Waals surface area contributed by atoms with Crippen LogP contribution in [0.3, 0.4) is 0 Å². The summed E-state index contributed by atoms with van der Waals surface area (Å²) < 4.78 is 0. The number of allylic oxidation sites excluding steroid dienone is 2. The number of rotatable bonds is 7. The van der Waals surface area contributed by atoms with Crippen LogP contribution in [0.5, 0.6) is 0 Å². The van der Waals surface area contributed by atoms with E-state index in [4.69, 9.17) is 0 Å². The van der Waals surface area contributed by atoms with Gasteiger partial charge >= 0.3 is 0 Å². The molecule has 1 N–H and O–H groups in total. The molecule has 12 heavy (non-hydrogen) atoms. The van der Waals surface area contributed by atoms with Crippen molar-refractivity contribution in [2.75, 3.05) is 13.6 Å². The van der Waals surface area contributed by atoms with E-state index in [1.54, 1.807) is 0 Å². The second-order valence-electron chi connectivity index (χ2n) is 3.41. The highest BCUT2D eigenvalue weighted by atomic mass is 14.8. The normalized spacial score (nSPS) is 13.9. The first-order valence-corrected chi connectivity index (χ1v) is 5.12. The molecule has 0 aromatic heterocycles. The molecule has 0 aliphatic rings. The van der Waals surface area contributed by atoms with Crippen LogP contribution in [0.4, 0.5) is 0 Å². The molecule has 0 spiro atoms. The van der Waals surface area contributed by atoms with E-state index in [9.17, 15) is 0 Å². The number of hydrogen-bond acceptors (Lipinski definition) is 1. The molecule has 1 nitrogen and oxygen atoms in total. The molecule has 0 saturated heterocycles. The van der Waals surface area contributed by atoms with Crippen LogP contribution in [0.1, 0.15) is 39.5 Å². The lowest BCUT2D eigenvalue weighted by atomic mass is 10.1. The first-order valence-electron chi connectivity index (χ1n) is 5.12. The minimum Gasteiger partial charge on any atom is -0.320 e. The first-order chi connectivity index (χ1) is 5.81. The van der Waals surface area contributed by atoms with Crippen molar-refractivity contribution in [1.82, 2.24) is 5.32 Å². The molecule has 0 aromatic rings. The second-order valence-corrected chi connectivity index (χ2v) is 3.41. The molecule has 0 amide bonds. The Kier molecular flexibility index (Phi) is 8.57.